The number of carboxylic acid groups (broad SMARTS) is 1. The van der Waals surface area contributed by atoms with Gasteiger partial charge in [0.2, 0.25) is 0 Å². The van der Waals surface area contributed by atoms with Crippen molar-refractivity contribution in [2.24, 2.45) is 5.92 Å². The Morgan fingerprint density at radius 1 is 1.35 bits per heavy atom. The summed E-state index contributed by atoms with van der Waals surface area (Å²) in [5.41, 5.74) is 0.959. The zero-order valence-electron chi connectivity index (χ0n) is 12.2. The number of hydrogen-bond donors (Lipinski definition) is 1. The molecule has 0 saturated carbocycles. The van der Waals surface area contributed by atoms with Gasteiger partial charge in [-0.3, -0.25) is 4.90 Å². The van der Waals surface area contributed by atoms with E-state index in [1.54, 1.807) is 0 Å². The van der Waals surface area contributed by atoms with Gasteiger partial charge < -0.3 is 5.11 Å². The van der Waals surface area contributed by atoms with Gasteiger partial charge in [0.25, 0.3) is 0 Å². The summed E-state index contributed by atoms with van der Waals surface area (Å²) in [7, 11) is 0. The minimum Gasteiger partial charge on any atom is -0.477 e. The molecule has 2 rings (SSSR count). The third kappa shape index (κ3) is 3.19. The highest BCUT2D eigenvalue weighted by atomic mass is 32.1. The fourth-order valence-corrected chi connectivity index (χ4v) is 3.53. The van der Waals surface area contributed by atoms with Crippen molar-refractivity contribution in [1.29, 1.82) is 0 Å². The van der Waals surface area contributed by atoms with Gasteiger partial charge in [-0.2, -0.15) is 0 Å². The van der Waals surface area contributed by atoms with E-state index in [0.29, 0.717) is 17.3 Å². The van der Waals surface area contributed by atoms with Crippen LogP contribution in [0.2, 0.25) is 0 Å². The van der Waals surface area contributed by atoms with E-state index in [1.807, 2.05) is 24.3 Å². The molecule has 20 heavy (non-hydrogen) atoms. The second kappa shape index (κ2) is 6.37. The molecule has 0 aliphatic rings. The van der Waals surface area contributed by atoms with E-state index in [4.69, 9.17) is 0 Å². The summed E-state index contributed by atoms with van der Waals surface area (Å²) in [6.45, 7) is 9.12. The van der Waals surface area contributed by atoms with Crippen molar-refractivity contribution in [2.75, 3.05) is 13.1 Å². The Morgan fingerprint density at radius 3 is 2.65 bits per heavy atom. The number of benzene rings is 1. The number of aromatic carboxylic acids is 1. The smallest absolute Gasteiger partial charge is 0.346 e. The number of fused-ring (bicyclic) bond motifs is 1. The lowest BCUT2D eigenvalue weighted by Crippen LogP contribution is -2.27. The zero-order valence-corrected chi connectivity index (χ0v) is 13.0. The van der Waals surface area contributed by atoms with Crippen molar-refractivity contribution in [3.63, 3.8) is 0 Å². The first-order valence-electron chi connectivity index (χ1n) is 6.99. The van der Waals surface area contributed by atoms with Gasteiger partial charge in [0.15, 0.2) is 0 Å². The van der Waals surface area contributed by atoms with Crippen LogP contribution in [0.4, 0.5) is 0 Å². The number of nitrogens with zero attached hydrogens (tertiary/aromatic N) is 1. The van der Waals surface area contributed by atoms with Gasteiger partial charge in [0, 0.05) is 17.8 Å². The van der Waals surface area contributed by atoms with Crippen molar-refractivity contribution < 1.29 is 9.90 Å². The molecule has 0 saturated heterocycles. The van der Waals surface area contributed by atoms with Crippen LogP contribution in [0.3, 0.4) is 0 Å². The van der Waals surface area contributed by atoms with Crippen LogP contribution >= 0.6 is 11.3 Å². The first kappa shape index (κ1) is 15.0. The molecule has 4 heteroatoms. The molecular formula is C16H21NO2S. The summed E-state index contributed by atoms with van der Waals surface area (Å²) in [6.07, 6.45) is 0. The highest BCUT2D eigenvalue weighted by Gasteiger charge is 2.19. The predicted octanol–water partition coefficient (Wildman–Crippen LogP) is 4.08. The van der Waals surface area contributed by atoms with E-state index in [0.717, 1.165) is 28.7 Å². The Balaban J connectivity index is 2.40. The summed E-state index contributed by atoms with van der Waals surface area (Å²) in [5, 5.41) is 10.5. The first-order valence-corrected chi connectivity index (χ1v) is 7.80. The number of thiophene rings is 1. The third-order valence-electron chi connectivity index (χ3n) is 3.34. The molecule has 1 heterocycles. The number of carboxylic acids is 1. The number of carbonyl (C=O) groups is 1. The third-order valence-corrected chi connectivity index (χ3v) is 4.55. The summed E-state index contributed by atoms with van der Waals surface area (Å²) in [4.78, 5) is 14.3. The van der Waals surface area contributed by atoms with E-state index in [-0.39, 0.29) is 0 Å². The van der Waals surface area contributed by atoms with Crippen molar-refractivity contribution in [3.05, 3.63) is 34.7 Å². The predicted molar refractivity (Wildman–Crippen MR) is 84.6 cm³/mol. The molecule has 0 atom stereocenters. The standard InChI is InChI=1S/C16H21NO2S/c1-4-17(9-11(2)3)10-13-12-7-5-6-8-14(12)20-15(13)16(18)19/h5-8,11H,4,9-10H2,1-3H3,(H,18,19). The molecule has 0 unspecified atom stereocenters. The molecule has 0 fully saturated rings. The normalized spacial score (nSPS) is 11.7. The summed E-state index contributed by atoms with van der Waals surface area (Å²) >= 11 is 1.38. The molecule has 0 radical (unpaired) electrons. The molecule has 0 aliphatic carbocycles. The maximum absolute atomic E-state index is 11.5. The molecular weight excluding hydrogens is 270 g/mol. The van der Waals surface area contributed by atoms with Crippen LogP contribution in [0.15, 0.2) is 24.3 Å². The number of rotatable bonds is 6. The Bertz CT molecular complexity index is 604. The van der Waals surface area contributed by atoms with E-state index in [9.17, 15) is 9.90 Å². The van der Waals surface area contributed by atoms with E-state index >= 15 is 0 Å². The maximum Gasteiger partial charge on any atom is 0.346 e. The van der Waals surface area contributed by atoms with Gasteiger partial charge >= 0.3 is 5.97 Å². The van der Waals surface area contributed by atoms with E-state index in [2.05, 4.69) is 25.7 Å². The monoisotopic (exact) mass is 291 g/mol. The topological polar surface area (TPSA) is 40.5 Å². The minimum atomic E-state index is -0.818. The van der Waals surface area contributed by atoms with Gasteiger partial charge in [-0.15, -0.1) is 11.3 Å². The fraction of sp³-hybridized carbons (Fsp3) is 0.438. The van der Waals surface area contributed by atoms with Crippen LogP contribution in [-0.4, -0.2) is 29.1 Å². The van der Waals surface area contributed by atoms with Gasteiger partial charge in [0.05, 0.1) is 0 Å². The van der Waals surface area contributed by atoms with Crippen LogP contribution in [0.5, 0.6) is 0 Å². The second-order valence-corrected chi connectivity index (χ2v) is 6.48. The van der Waals surface area contributed by atoms with Crippen LogP contribution in [0.25, 0.3) is 10.1 Å². The first-order chi connectivity index (χ1) is 9.52. The Kier molecular flexibility index (Phi) is 4.78. The molecule has 1 N–H and O–H groups in total. The van der Waals surface area contributed by atoms with Crippen molar-refractivity contribution in [3.8, 4) is 0 Å². The quantitative estimate of drug-likeness (QED) is 0.872. The van der Waals surface area contributed by atoms with Crippen molar-refractivity contribution >= 4 is 27.4 Å². The highest BCUT2D eigenvalue weighted by molar-refractivity contribution is 7.21. The molecule has 0 bridgehead atoms. The molecule has 2 aromatic rings. The Labute approximate surface area is 123 Å². The SMILES string of the molecule is CCN(Cc1c(C(=O)O)sc2ccccc12)CC(C)C. The van der Waals surface area contributed by atoms with Crippen LogP contribution in [-0.2, 0) is 6.54 Å². The molecule has 0 amide bonds. The molecule has 108 valence electrons. The molecule has 3 nitrogen and oxygen atoms in total. The lowest BCUT2D eigenvalue weighted by atomic mass is 10.1. The molecule has 0 spiro atoms. The van der Waals surface area contributed by atoms with E-state index < -0.39 is 5.97 Å². The van der Waals surface area contributed by atoms with Crippen molar-refractivity contribution in [1.82, 2.24) is 4.90 Å². The van der Waals surface area contributed by atoms with Crippen LogP contribution < -0.4 is 0 Å². The summed E-state index contributed by atoms with van der Waals surface area (Å²) in [5.74, 6) is -0.241. The van der Waals surface area contributed by atoms with Crippen LogP contribution in [0.1, 0.15) is 36.0 Å². The fourth-order valence-electron chi connectivity index (χ4n) is 2.47. The minimum absolute atomic E-state index is 0.480. The maximum atomic E-state index is 11.5. The lowest BCUT2D eigenvalue weighted by molar-refractivity contribution is 0.0700. The largest absolute Gasteiger partial charge is 0.477 e. The molecule has 1 aromatic heterocycles. The second-order valence-electron chi connectivity index (χ2n) is 5.43. The Hall–Kier alpha value is -1.39. The van der Waals surface area contributed by atoms with Gasteiger partial charge in [-0.05, 0) is 29.5 Å². The van der Waals surface area contributed by atoms with E-state index in [1.165, 1.54) is 11.3 Å². The average molecular weight is 291 g/mol. The van der Waals surface area contributed by atoms with Gasteiger partial charge in [-0.25, -0.2) is 4.79 Å². The summed E-state index contributed by atoms with van der Waals surface area (Å²) in [6, 6.07) is 7.95. The molecule has 1 aromatic carbocycles. The Morgan fingerprint density at radius 2 is 2.05 bits per heavy atom. The molecule has 0 aliphatic heterocycles. The van der Waals surface area contributed by atoms with Crippen molar-refractivity contribution in [2.45, 2.75) is 27.3 Å². The van der Waals surface area contributed by atoms with Gasteiger partial charge in [-0.1, -0.05) is 39.0 Å². The summed E-state index contributed by atoms with van der Waals surface area (Å²) < 4.78 is 1.06. The average Bonchev–Trinajstić information content (AvgIpc) is 2.76. The lowest BCUT2D eigenvalue weighted by Gasteiger charge is -2.22. The highest BCUT2D eigenvalue weighted by Crippen LogP contribution is 2.32. The van der Waals surface area contributed by atoms with Crippen LogP contribution in [0, 0.1) is 5.92 Å². The van der Waals surface area contributed by atoms with Gasteiger partial charge in [0.1, 0.15) is 4.88 Å². The number of hydrogen-bond acceptors (Lipinski definition) is 3. The zero-order chi connectivity index (χ0) is 14.7.